The van der Waals surface area contributed by atoms with Gasteiger partial charge in [0, 0.05) is 37.1 Å². The van der Waals surface area contributed by atoms with Crippen LogP contribution in [0.1, 0.15) is 11.1 Å². The summed E-state index contributed by atoms with van der Waals surface area (Å²) in [5.74, 6) is 0.604. The SMILES string of the molecule is Cn1c(NC2Cc3ccccc3C2)nc(-c2ccncc2)cc1=O. The van der Waals surface area contributed by atoms with Crippen LogP contribution in [0.3, 0.4) is 0 Å². The van der Waals surface area contributed by atoms with Crippen molar-refractivity contribution in [3.05, 3.63) is 76.3 Å². The number of anilines is 1. The van der Waals surface area contributed by atoms with Gasteiger partial charge in [-0.25, -0.2) is 4.98 Å². The second-order valence-electron chi connectivity index (χ2n) is 6.12. The van der Waals surface area contributed by atoms with Crippen molar-refractivity contribution in [1.82, 2.24) is 14.5 Å². The molecule has 2 heterocycles. The Morgan fingerprint density at radius 3 is 2.42 bits per heavy atom. The Balaban J connectivity index is 1.64. The Hall–Kier alpha value is -2.95. The Morgan fingerprint density at radius 2 is 1.75 bits per heavy atom. The van der Waals surface area contributed by atoms with Crippen molar-refractivity contribution >= 4 is 5.95 Å². The number of hydrogen-bond donors (Lipinski definition) is 1. The summed E-state index contributed by atoms with van der Waals surface area (Å²) in [6.45, 7) is 0. The standard InChI is InChI=1S/C19H18N4O/c1-23-18(24)12-17(13-6-8-20-9-7-13)22-19(23)21-16-10-14-4-2-3-5-15(14)11-16/h2-9,12,16H,10-11H2,1H3,(H,21,22). The van der Waals surface area contributed by atoms with Crippen molar-refractivity contribution in [2.45, 2.75) is 18.9 Å². The minimum Gasteiger partial charge on any atom is -0.352 e. The van der Waals surface area contributed by atoms with Gasteiger partial charge in [-0.1, -0.05) is 24.3 Å². The number of nitrogens with zero attached hydrogens (tertiary/aromatic N) is 3. The fourth-order valence-electron chi connectivity index (χ4n) is 3.18. The number of benzene rings is 1. The summed E-state index contributed by atoms with van der Waals surface area (Å²) in [5, 5.41) is 3.44. The lowest BCUT2D eigenvalue weighted by Gasteiger charge is -2.16. The molecule has 1 aromatic carbocycles. The molecule has 3 aromatic rings. The van der Waals surface area contributed by atoms with Crippen LogP contribution in [0.5, 0.6) is 0 Å². The number of nitrogens with one attached hydrogen (secondary N) is 1. The Morgan fingerprint density at radius 1 is 1.08 bits per heavy atom. The lowest BCUT2D eigenvalue weighted by Crippen LogP contribution is -2.27. The molecule has 1 aliphatic rings. The van der Waals surface area contributed by atoms with Gasteiger partial charge in [0.05, 0.1) is 5.69 Å². The van der Waals surface area contributed by atoms with Crippen LogP contribution in [0.25, 0.3) is 11.3 Å². The third-order valence-corrected chi connectivity index (χ3v) is 4.50. The van der Waals surface area contributed by atoms with E-state index in [0.29, 0.717) is 11.6 Å². The van der Waals surface area contributed by atoms with Gasteiger partial charge in [0.15, 0.2) is 0 Å². The lowest BCUT2D eigenvalue weighted by molar-refractivity contribution is 0.730. The topological polar surface area (TPSA) is 59.8 Å². The van der Waals surface area contributed by atoms with E-state index in [0.717, 1.165) is 18.4 Å². The lowest BCUT2D eigenvalue weighted by atomic mass is 10.1. The molecule has 0 amide bonds. The summed E-state index contributed by atoms with van der Waals surface area (Å²) >= 11 is 0. The number of aromatic nitrogens is 3. The largest absolute Gasteiger partial charge is 0.352 e. The Kier molecular flexibility index (Phi) is 3.61. The monoisotopic (exact) mass is 318 g/mol. The molecule has 1 aliphatic carbocycles. The van der Waals surface area contributed by atoms with Gasteiger partial charge >= 0.3 is 0 Å². The average Bonchev–Trinajstić information content (AvgIpc) is 3.02. The van der Waals surface area contributed by atoms with Gasteiger partial charge in [0.25, 0.3) is 5.56 Å². The molecular formula is C19H18N4O. The van der Waals surface area contributed by atoms with Crippen LogP contribution < -0.4 is 10.9 Å². The number of rotatable bonds is 3. The third kappa shape index (κ3) is 2.69. The highest BCUT2D eigenvalue weighted by Gasteiger charge is 2.22. The van der Waals surface area contributed by atoms with Gasteiger partial charge in [-0.3, -0.25) is 14.3 Å². The highest BCUT2D eigenvalue weighted by molar-refractivity contribution is 5.59. The summed E-state index contributed by atoms with van der Waals surface area (Å²) in [5.41, 5.74) is 4.21. The Bertz CT molecular complexity index is 909. The summed E-state index contributed by atoms with van der Waals surface area (Å²) < 4.78 is 1.56. The Labute approximate surface area is 140 Å². The molecule has 0 aliphatic heterocycles. The minimum absolute atomic E-state index is 0.0742. The minimum atomic E-state index is -0.0742. The van der Waals surface area contributed by atoms with Crippen LogP contribution in [0.4, 0.5) is 5.95 Å². The predicted octanol–water partition coefficient (Wildman–Crippen LogP) is 2.42. The number of fused-ring (bicyclic) bond motifs is 1. The first-order chi connectivity index (χ1) is 11.7. The molecule has 2 aromatic heterocycles. The van der Waals surface area contributed by atoms with E-state index in [1.807, 2.05) is 12.1 Å². The molecule has 0 fully saturated rings. The fraction of sp³-hybridized carbons (Fsp3) is 0.211. The molecule has 24 heavy (non-hydrogen) atoms. The van der Waals surface area contributed by atoms with E-state index in [-0.39, 0.29) is 11.6 Å². The highest BCUT2D eigenvalue weighted by Crippen LogP contribution is 2.24. The van der Waals surface area contributed by atoms with E-state index >= 15 is 0 Å². The number of pyridine rings is 1. The molecular weight excluding hydrogens is 300 g/mol. The van der Waals surface area contributed by atoms with Crippen molar-refractivity contribution < 1.29 is 0 Å². The van der Waals surface area contributed by atoms with Crippen molar-refractivity contribution in [3.63, 3.8) is 0 Å². The molecule has 0 atom stereocenters. The van der Waals surface area contributed by atoms with Crippen LogP contribution in [0.15, 0.2) is 59.7 Å². The quantitative estimate of drug-likeness (QED) is 0.806. The van der Waals surface area contributed by atoms with Gasteiger partial charge in [0.1, 0.15) is 0 Å². The van der Waals surface area contributed by atoms with E-state index in [9.17, 15) is 4.79 Å². The van der Waals surface area contributed by atoms with Gasteiger partial charge in [-0.2, -0.15) is 0 Å². The maximum absolute atomic E-state index is 12.3. The molecule has 0 bridgehead atoms. The molecule has 0 spiro atoms. The smallest absolute Gasteiger partial charge is 0.255 e. The highest BCUT2D eigenvalue weighted by atomic mass is 16.1. The molecule has 1 N–H and O–H groups in total. The molecule has 0 saturated carbocycles. The molecule has 5 nitrogen and oxygen atoms in total. The summed E-state index contributed by atoms with van der Waals surface area (Å²) in [6.07, 6.45) is 5.31. The first-order valence-corrected chi connectivity index (χ1v) is 8.02. The molecule has 5 heteroatoms. The maximum atomic E-state index is 12.3. The van der Waals surface area contributed by atoms with E-state index in [4.69, 9.17) is 0 Å². The van der Waals surface area contributed by atoms with Gasteiger partial charge < -0.3 is 5.32 Å². The molecule has 0 radical (unpaired) electrons. The van der Waals surface area contributed by atoms with Gasteiger partial charge in [0.2, 0.25) is 5.95 Å². The number of hydrogen-bond acceptors (Lipinski definition) is 4. The average molecular weight is 318 g/mol. The van der Waals surface area contributed by atoms with Gasteiger partial charge in [-0.05, 0) is 36.1 Å². The van der Waals surface area contributed by atoms with E-state index in [1.54, 1.807) is 30.1 Å². The van der Waals surface area contributed by atoms with E-state index < -0.39 is 0 Å². The van der Waals surface area contributed by atoms with Crippen LogP contribution >= 0.6 is 0 Å². The maximum Gasteiger partial charge on any atom is 0.255 e. The fourth-order valence-corrected chi connectivity index (χ4v) is 3.18. The zero-order chi connectivity index (χ0) is 16.5. The van der Waals surface area contributed by atoms with Crippen LogP contribution in [0, 0.1) is 0 Å². The second kappa shape index (κ2) is 5.92. The van der Waals surface area contributed by atoms with Crippen molar-refractivity contribution in [2.24, 2.45) is 7.05 Å². The van der Waals surface area contributed by atoms with Gasteiger partial charge in [-0.15, -0.1) is 0 Å². The summed E-state index contributed by atoms with van der Waals surface area (Å²) in [4.78, 5) is 21.0. The van der Waals surface area contributed by atoms with Crippen LogP contribution in [-0.2, 0) is 19.9 Å². The van der Waals surface area contributed by atoms with Crippen LogP contribution in [0.2, 0.25) is 0 Å². The van der Waals surface area contributed by atoms with Crippen molar-refractivity contribution in [3.8, 4) is 11.3 Å². The first-order valence-electron chi connectivity index (χ1n) is 8.02. The third-order valence-electron chi connectivity index (χ3n) is 4.50. The molecule has 0 unspecified atom stereocenters. The van der Waals surface area contributed by atoms with Crippen molar-refractivity contribution in [1.29, 1.82) is 0 Å². The normalized spacial score (nSPS) is 13.7. The second-order valence-corrected chi connectivity index (χ2v) is 6.12. The molecule has 0 saturated heterocycles. The van der Waals surface area contributed by atoms with E-state index in [2.05, 4.69) is 39.6 Å². The molecule has 4 rings (SSSR count). The molecule has 120 valence electrons. The first kappa shape index (κ1) is 14.6. The zero-order valence-corrected chi connectivity index (χ0v) is 13.4. The predicted molar refractivity (Wildman–Crippen MR) is 94.0 cm³/mol. The zero-order valence-electron chi connectivity index (χ0n) is 13.4. The van der Waals surface area contributed by atoms with Crippen LogP contribution in [-0.4, -0.2) is 20.6 Å². The summed E-state index contributed by atoms with van der Waals surface area (Å²) in [6, 6.07) is 14.0. The summed E-state index contributed by atoms with van der Waals surface area (Å²) in [7, 11) is 1.75. The van der Waals surface area contributed by atoms with Crippen molar-refractivity contribution in [2.75, 3.05) is 5.32 Å². The van der Waals surface area contributed by atoms with E-state index in [1.165, 1.54) is 11.1 Å².